The molecule has 0 amide bonds. The first-order valence-electron chi connectivity index (χ1n) is 7.99. The molecule has 1 fully saturated rings. The van der Waals surface area contributed by atoms with Gasteiger partial charge in [-0.25, -0.2) is 4.98 Å². The Balaban J connectivity index is 1.59. The van der Waals surface area contributed by atoms with Gasteiger partial charge in [0.1, 0.15) is 4.60 Å². The molecule has 4 rings (SSSR count). The van der Waals surface area contributed by atoms with Crippen LogP contribution in [0, 0.1) is 0 Å². The lowest BCUT2D eigenvalue weighted by molar-refractivity contribution is -0.0402. The van der Waals surface area contributed by atoms with Gasteiger partial charge in [0.05, 0.1) is 19.3 Å². The Morgan fingerprint density at radius 3 is 2.74 bits per heavy atom. The summed E-state index contributed by atoms with van der Waals surface area (Å²) in [6, 6.07) is 15.6. The van der Waals surface area contributed by atoms with Crippen molar-refractivity contribution in [2.75, 3.05) is 13.2 Å². The van der Waals surface area contributed by atoms with E-state index in [0.29, 0.717) is 12.1 Å². The number of benzene rings is 1. The second kappa shape index (κ2) is 6.56. The van der Waals surface area contributed by atoms with Gasteiger partial charge in [-0.2, -0.15) is 0 Å². The number of fused-ring (bicyclic) bond motifs is 2. The van der Waals surface area contributed by atoms with Crippen LogP contribution in [-0.2, 0) is 11.3 Å². The van der Waals surface area contributed by atoms with Crippen molar-refractivity contribution in [3.8, 4) is 0 Å². The van der Waals surface area contributed by atoms with Crippen LogP contribution in [0.3, 0.4) is 0 Å². The molecular weight excluding hydrogens is 352 g/mol. The minimum Gasteiger partial charge on any atom is -0.378 e. The summed E-state index contributed by atoms with van der Waals surface area (Å²) in [4.78, 5) is 6.94. The van der Waals surface area contributed by atoms with Crippen molar-refractivity contribution in [1.29, 1.82) is 0 Å². The van der Waals surface area contributed by atoms with Gasteiger partial charge in [-0.05, 0) is 45.1 Å². The van der Waals surface area contributed by atoms with E-state index in [1.54, 1.807) is 0 Å². The summed E-state index contributed by atoms with van der Waals surface area (Å²) >= 11 is 3.41. The minimum absolute atomic E-state index is 0.348. The average molecular weight is 371 g/mol. The van der Waals surface area contributed by atoms with Crippen molar-refractivity contribution < 1.29 is 4.74 Å². The summed E-state index contributed by atoms with van der Waals surface area (Å²) in [6.07, 6.45) is 5.34. The van der Waals surface area contributed by atoms with Crippen LogP contribution in [0.2, 0.25) is 0 Å². The highest BCUT2D eigenvalue weighted by Gasteiger charge is 2.34. The summed E-state index contributed by atoms with van der Waals surface area (Å²) in [5.74, 6) is 0. The third kappa shape index (κ3) is 3.25. The van der Waals surface area contributed by atoms with Crippen molar-refractivity contribution in [1.82, 2.24) is 9.88 Å². The van der Waals surface area contributed by atoms with E-state index in [4.69, 9.17) is 4.74 Å². The highest BCUT2D eigenvalue weighted by Crippen LogP contribution is 2.33. The topological polar surface area (TPSA) is 25.4 Å². The third-order valence-corrected chi connectivity index (χ3v) is 5.12. The van der Waals surface area contributed by atoms with Gasteiger partial charge in [-0.3, -0.25) is 4.90 Å². The zero-order chi connectivity index (χ0) is 15.6. The summed E-state index contributed by atoms with van der Waals surface area (Å²) in [7, 11) is 0. The van der Waals surface area contributed by atoms with E-state index >= 15 is 0 Å². The molecular formula is C19H19BrN2O. The van der Waals surface area contributed by atoms with E-state index in [1.165, 1.54) is 16.7 Å². The molecule has 0 radical (unpaired) electrons. The zero-order valence-corrected chi connectivity index (χ0v) is 14.4. The number of ether oxygens (including phenoxy) is 1. The normalized spacial score (nSPS) is 24.3. The molecule has 2 bridgehead atoms. The molecule has 0 aliphatic carbocycles. The van der Waals surface area contributed by atoms with E-state index in [2.05, 4.69) is 68.3 Å². The van der Waals surface area contributed by atoms with E-state index in [9.17, 15) is 0 Å². The Kier molecular flexibility index (Phi) is 4.29. The summed E-state index contributed by atoms with van der Waals surface area (Å²) in [5, 5.41) is 0. The number of pyridine rings is 1. The molecule has 3 nitrogen and oxygen atoms in total. The molecule has 2 aliphatic rings. The van der Waals surface area contributed by atoms with Gasteiger partial charge in [-0.1, -0.05) is 42.5 Å². The first-order valence-corrected chi connectivity index (χ1v) is 8.79. The number of nitrogens with zero attached hydrogens (tertiary/aromatic N) is 2. The van der Waals surface area contributed by atoms with E-state index in [-0.39, 0.29) is 0 Å². The number of hydrogen-bond acceptors (Lipinski definition) is 3. The van der Waals surface area contributed by atoms with Gasteiger partial charge < -0.3 is 4.74 Å². The smallest absolute Gasteiger partial charge is 0.106 e. The van der Waals surface area contributed by atoms with Crippen LogP contribution >= 0.6 is 15.9 Å². The monoisotopic (exact) mass is 370 g/mol. The fourth-order valence-corrected chi connectivity index (χ4v) is 3.72. The van der Waals surface area contributed by atoms with Gasteiger partial charge in [-0.15, -0.1) is 0 Å². The highest BCUT2D eigenvalue weighted by atomic mass is 79.9. The number of hydrogen-bond donors (Lipinski definition) is 0. The van der Waals surface area contributed by atoms with Crippen molar-refractivity contribution in [2.45, 2.75) is 25.0 Å². The maximum atomic E-state index is 5.80. The fraction of sp³-hybridized carbons (Fsp3) is 0.316. The standard InChI is InChI=1S/C19H19BrN2O/c20-19-7-6-15(10-21-19)16-8-17-12-23-13-18(9-16)22(17)11-14-4-2-1-3-5-14/h1-8,10,17-18H,9,11-13H2. The van der Waals surface area contributed by atoms with Crippen LogP contribution in [0.25, 0.3) is 5.57 Å². The number of rotatable bonds is 3. The molecule has 1 aromatic heterocycles. The molecule has 118 valence electrons. The van der Waals surface area contributed by atoms with E-state index in [0.717, 1.165) is 30.8 Å². The van der Waals surface area contributed by atoms with Crippen molar-refractivity contribution in [3.05, 3.63) is 70.5 Å². The predicted octanol–water partition coefficient (Wildman–Crippen LogP) is 3.90. The predicted molar refractivity (Wildman–Crippen MR) is 94.9 cm³/mol. The van der Waals surface area contributed by atoms with Crippen LogP contribution in [0.15, 0.2) is 59.3 Å². The third-order valence-electron chi connectivity index (χ3n) is 4.65. The molecule has 2 unspecified atom stereocenters. The number of aromatic nitrogens is 1. The zero-order valence-electron chi connectivity index (χ0n) is 12.9. The average Bonchev–Trinajstić information content (AvgIpc) is 2.56. The molecule has 2 atom stereocenters. The first-order chi connectivity index (χ1) is 11.3. The second-order valence-electron chi connectivity index (χ2n) is 6.18. The largest absolute Gasteiger partial charge is 0.378 e. The fourth-order valence-electron chi connectivity index (χ4n) is 3.48. The van der Waals surface area contributed by atoms with Crippen molar-refractivity contribution >= 4 is 21.5 Å². The Morgan fingerprint density at radius 2 is 2.00 bits per heavy atom. The lowest BCUT2D eigenvalue weighted by Crippen LogP contribution is -2.53. The second-order valence-corrected chi connectivity index (χ2v) is 6.99. The SMILES string of the molecule is Brc1ccc(C2=CC3COCC(C2)N3Cc2ccccc2)cn1. The van der Waals surface area contributed by atoms with Gasteiger partial charge in [0.2, 0.25) is 0 Å². The Hall–Kier alpha value is -1.49. The number of halogens is 1. The maximum absolute atomic E-state index is 5.80. The first kappa shape index (κ1) is 15.1. The summed E-state index contributed by atoms with van der Waals surface area (Å²) < 4.78 is 6.68. The maximum Gasteiger partial charge on any atom is 0.106 e. The molecule has 23 heavy (non-hydrogen) atoms. The molecule has 1 saturated heterocycles. The summed E-state index contributed by atoms with van der Waals surface area (Å²) in [5.41, 5.74) is 3.99. The van der Waals surface area contributed by atoms with Crippen molar-refractivity contribution in [3.63, 3.8) is 0 Å². The molecule has 2 aliphatic heterocycles. The molecule has 2 aromatic rings. The van der Waals surface area contributed by atoms with Crippen LogP contribution in [0.5, 0.6) is 0 Å². The Labute approximate surface area is 145 Å². The van der Waals surface area contributed by atoms with Crippen LogP contribution in [0.1, 0.15) is 17.5 Å². The minimum atomic E-state index is 0.348. The molecule has 3 heterocycles. The van der Waals surface area contributed by atoms with Gasteiger partial charge in [0.15, 0.2) is 0 Å². The van der Waals surface area contributed by atoms with Crippen molar-refractivity contribution in [2.24, 2.45) is 0 Å². The van der Waals surface area contributed by atoms with Crippen LogP contribution in [0.4, 0.5) is 0 Å². The molecule has 0 saturated carbocycles. The Morgan fingerprint density at radius 1 is 1.13 bits per heavy atom. The lowest BCUT2D eigenvalue weighted by atomic mass is 9.90. The molecule has 1 aromatic carbocycles. The summed E-state index contributed by atoms with van der Waals surface area (Å²) in [6.45, 7) is 2.57. The number of morpholine rings is 1. The van der Waals surface area contributed by atoms with E-state index < -0.39 is 0 Å². The molecule has 0 N–H and O–H groups in total. The van der Waals surface area contributed by atoms with Crippen LogP contribution in [-0.4, -0.2) is 35.2 Å². The van der Waals surface area contributed by atoms with E-state index in [1.807, 2.05) is 12.3 Å². The van der Waals surface area contributed by atoms with Gasteiger partial charge >= 0.3 is 0 Å². The quantitative estimate of drug-likeness (QED) is 0.766. The van der Waals surface area contributed by atoms with Gasteiger partial charge in [0.25, 0.3) is 0 Å². The molecule has 0 spiro atoms. The lowest BCUT2D eigenvalue weighted by Gasteiger charge is -2.44. The molecule has 4 heteroatoms. The van der Waals surface area contributed by atoms with Gasteiger partial charge in [0, 0.05) is 18.8 Å². The Bertz CT molecular complexity index is 699. The van der Waals surface area contributed by atoms with Crippen LogP contribution < -0.4 is 0 Å². The highest BCUT2D eigenvalue weighted by molar-refractivity contribution is 9.10.